The van der Waals surface area contributed by atoms with Crippen LogP contribution in [-0.4, -0.2) is 24.3 Å². The second kappa shape index (κ2) is 6.43. The molecule has 4 aliphatic rings. The van der Waals surface area contributed by atoms with Crippen LogP contribution in [0, 0.1) is 40.4 Å². The molecule has 0 aromatic rings. The molecule has 3 heteroatoms. The van der Waals surface area contributed by atoms with Gasteiger partial charge < -0.3 is 4.74 Å². The first kappa shape index (κ1) is 18.7. The van der Waals surface area contributed by atoms with E-state index in [0.717, 1.165) is 32.3 Å². The van der Waals surface area contributed by atoms with Crippen molar-refractivity contribution in [2.24, 2.45) is 40.4 Å². The second-order valence-corrected chi connectivity index (χ2v) is 10.3. The lowest BCUT2D eigenvalue weighted by Gasteiger charge is -2.60. The van der Waals surface area contributed by atoms with Crippen molar-refractivity contribution in [3.8, 4) is 0 Å². The van der Waals surface area contributed by atoms with Crippen molar-refractivity contribution >= 4 is 11.6 Å². The molecule has 0 radical (unpaired) electrons. The maximum Gasteiger partial charge on any atom is 0.137 e. The molecule has 0 aromatic carbocycles. The largest absolute Gasteiger partial charge is 0.378 e. The minimum absolute atomic E-state index is 0.0821. The van der Waals surface area contributed by atoms with E-state index in [1.54, 1.807) is 6.92 Å². The van der Waals surface area contributed by atoms with E-state index in [4.69, 9.17) is 4.74 Å². The summed E-state index contributed by atoms with van der Waals surface area (Å²) >= 11 is 0. The van der Waals surface area contributed by atoms with Gasteiger partial charge in [0.25, 0.3) is 0 Å². The molecule has 146 valence electrons. The van der Waals surface area contributed by atoms with Gasteiger partial charge in [-0.1, -0.05) is 13.8 Å². The average Bonchev–Trinajstić information content (AvgIpc) is 2.90. The van der Waals surface area contributed by atoms with Gasteiger partial charge in [-0.25, -0.2) is 0 Å². The molecule has 0 N–H and O–H groups in total. The Labute approximate surface area is 158 Å². The summed E-state index contributed by atoms with van der Waals surface area (Å²) in [5, 5.41) is 0. The molecule has 4 saturated carbocycles. The number of carbonyl (C=O) groups excluding carboxylic acids is 2. The predicted octanol–water partition coefficient (Wildman–Crippen LogP) is 4.82. The lowest BCUT2D eigenvalue weighted by molar-refractivity contribution is -0.165. The van der Waals surface area contributed by atoms with Crippen LogP contribution >= 0.6 is 0 Å². The van der Waals surface area contributed by atoms with E-state index < -0.39 is 0 Å². The Hall–Kier alpha value is -0.700. The van der Waals surface area contributed by atoms with Crippen molar-refractivity contribution in [1.82, 2.24) is 0 Å². The Balaban J connectivity index is 1.65. The van der Waals surface area contributed by atoms with Crippen LogP contribution in [0.2, 0.25) is 0 Å². The van der Waals surface area contributed by atoms with Crippen LogP contribution in [0.5, 0.6) is 0 Å². The first-order valence-electron chi connectivity index (χ1n) is 11.0. The molecule has 0 saturated heterocycles. The third kappa shape index (κ3) is 2.56. The van der Waals surface area contributed by atoms with Crippen molar-refractivity contribution in [3.05, 3.63) is 0 Å². The average molecular weight is 361 g/mol. The number of ketones is 2. The standard InChI is InChI=1S/C23H36O3/c1-5-26-16-8-6-15-7-9-17-19-11-10-18(14(2)24)23(19,4)13-20(25)21(17)22(15,3)12-16/h15-19,21H,5-13H2,1-4H3/t15-,16-,17+,18-,19+,21-,22?,23-/m1/s1. The van der Waals surface area contributed by atoms with Crippen LogP contribution in [0.15, 0.2) is 0 Å². The number of Topliss-reactive ketones (excluding diaryl/α,β-unsaturated/α-hetero) is 2. The first-order chi connectivity index (χ1) is 12.3. The summed E-state index contributed by atoms with van der Waals surface area (Å²) in [6.45, 7) is 9.24. The van der Waals surface area contributed by atoms with Gasteiger partial charge in [0, 0.05) is 24.9 Å². The molecule has 0 bridgehead atoms. The zero-order valence-corrected chi connectivity index (χ0v) is 17.1. The molecule has 0 heterocycles. The fourth-order valence-corrected chi connectivity index (χ4v) is 8.17. The topological polar surface area (TPSA) is 43.4 Å². The van der Waals surface area contributed by atoms with E-state index in [-0.39, 0.29) is 22.7 Å². The predicted molar refractivity (Wildman–Crippen MR) is 102 cm³/mol. The van der Waals surface area contributed by atoms with Crippen LogP contribution in [0.1, 0.15) is 79.1 Å². The molecule has 4 rings (SSSR count). The molecule has 0 spiro atoms. The Morgan fingerprint density at radius 3 is 2.50 bits per heavy atom. The quantitative estimate of drug-likeness (QED) is 0.725. The van der Waals surface area contributed by atoms with Crippen molar-refractivity contribution in [2.45, 2.75) is 85.2 Å². The Morgan fingerprint density at radius 2 is 1.81 bits per heavy atom. The summed E-state index contributed by atoms with van der Waals surface area (Å²) in [5.41, 5.74) is 0.0228. The van der Waals surface area contributed by atoms with Crippen LogP contribution < -0.4 is 0 Å². The fraction of sp³-hybridized carbons (Fsp3) is 0.913. The van der Waals surface area contributed by atoms with Crippen LogP contribution in [0.3, 0.4) is 0 Å². The highest BCUT2D eigenvalue weighted by atomic mass is 16.5. The second-order valence-electron chi connectivity index (χ2n) is 10.3. The molecule has 1 unspecified atom stereocenters. The molecular formula is C23H36O3. The number of hydrogen-bond donors (Lipinski definition) is 0. The summed E-state index contributed by atoms with van der Waals surface area (Å²) in [7, 11) is 0. The zero-order chi connectivity index (χ0) is 18.7. The lowest BCUT2D eigenvalue weighted by atomic mass is 9.44. The minimum atomic E-state index is -0.0821. The highest BCUT2D eigenvalue weighted by Gasteiger charge is 2.63. The fourth-order valence-electron chi connectivity index (χ4n) is 8.17. The summed E-state index contributed by atoms with van der Waals surface area (Å²) in [4.78, 5) is 25.8. The zero-order valence-electron chi connectivity index (χ0n) is 17.1. The first-order valence-corrected chi connectivity index (χ1v) is 11.0. The van der Waals surface area contributed by atoms with Crippen LogP contribution in [0.25, 0.3) is 0 Å². The molecule has 0 amide bonds. The van der Waals surface area contributed by atoms with Gasteiger partial charge in [-0.15, -0.1) is 0 Å². The van der Waals surface area contributed by atoms with Gasteiger partial charge in [-0.2, -0.15) is 0 Å². The van der Waals surface area contributed by atoms with Gasteiger partial charge in [-0.3, -0.25) is 9.59 Å². The van der Waals surface area contributed by atoms with Gasteiger partial charge in [0.2, 0.25) is 0 Å². The SMILES string of the molecule is CCO[C@@H]1CC[C@@H]2CC[C@@H]3[C@H](C(=O)C[C@]4(C)[C@@H](C(C)=O)CC[C@@H]34)C2(C)C1. The number of rotatable bonds is 3. The van der Waals surface area contributed by atoms with Crippen molar-refractivity contribution in [3.63, 3.8) is 0 Å². The smallest absolute Gasteiger partial charge is 0.137 e. The van der Waals surface area contributed by atoms with Crippen LogP contribution in [0.4, 0.5) is 0 Å². The third-order valence-electron chi connectivity index (χ3n) is 9.15. The molecule has 26 heavy (non-hydrogen) atoms. The summed E-state index contributed by atoms with van der Waals surface area (Å²) < 4.78 is 6.01. The molecule has 0 aliphatic heterocycles. The summed E-state index contributed by atoms with van der Waals surface area (Å²) in [6, 6.07) is 0. The molecule has 4 aliphatic carbocycles. The number of ether oxygens (including phenoxy) is 1. The lowest BCUT2D eigenvalue weighted by Crippen LogP contribution is -2.58. The molecule has 3 nitrogen and oxygen atoms in total. The van der Waals surface area contributed by atoms with Crippen LogP contribution in [-0.2, 0) is 14.3 Å². The molecule has 0 aromatic heterocycles. The van der Waals surface area contributed by atoms with Gasteiger partial charge in [0.05, 0.1) is 6.10 Å². The highest BCUT2D eigenvalue weighted by molar-refractivity contribution is 5.87. The van der Waals surface area contributed by atoms with Crippen molar-refractivity contribution < 1.29 is 14.3 Å². The highest BCUT2D eigenvalue weighted by Crippen LogP contribution is 2.66. The summed E-state index contributed by atoms with van der Waals surface area (Å²) in [5.74, 6) is 2.80. The van der Waals surface area contributed by atoms with E-state index in [2.05, 4.69) is 20.8 Å². The molecule has 4 fully saturated rings. The van der Waals surface area contributed by atoms with Gasteiger partial charge >= 0.3 is 0 Å². The van der Waals surface area contributed by atoms with Gasteiger partial charge in [0.15, 0.2) is 0 Å². The Morgan fingerprint density at radius 1 is 1.08 bits per heavy atom. The normalized spacial score (nSPS) is 50.7. The number of carbonyl (C=O) groups is 2. The van der Waals surface area contributed by atoms with Crippen molar-refractivity contribution in [1.29, 1.82) is 0 Å². The van der Waals surface area contributed by atoms with E-state index in [1.807, 2.05) is 0 Å². The van der Waals surface area contributed by atoms with Crippen molar-refractivity contribution in [2.75, 3.05) is 6.61 Å². The summed E-state index contributed by atoms with van der Waals surface area (Å²) in [6.07, 6.45) is 8.99. The van der Waals surface area contributed by atoms with Gasteiger partial charge in [0.1, 0.15) is 11.6 Å². The Bertz CT molecular complexity index is 598. The monoisotopic (exact) mass is 360 g/mol. The minimum Gasteiger partial charge on any atom is -0.378 e. The number of fused-ring (bicyclic) bond motifs is 5. The Kier molecular flexibility index (Phi) is 4.61. The maximum atomic E-state index is 13.5. The van der Waals surface area contributed by atoms with E-state index in [0.29, 0.717) is 41.8 Å². The van der Waals surface area contributed by atoms with E-state index in [9.17, 15) is 9.59 Å². The third-order valence-corrected chi connectivity index (χ3v) is 9.15. The maximum absolute atomic E-state index is 13.5. The number of hydrogen-bond acceptors (Lipinski definition) is 3. The van der Waals surface area contributed by atoms with Gasteiger partial charge in [-0.05, 0) is 87.4 Å². The van der Waals surface area contributed by atoms with E-state index >= 15 is 0 Å². The van der Waals surface area contributed by atoms with E-state index in [1.165, 1.54) is 19.3 Å². The molecular weight excluding hydrogens is 324 g/mol. The molecule has 8 atom stereocenters.